The lowest BCUT2D eigenvalue weighted by molar-refractivity contribution is -0.138. The Balaban J connectivity index is 1.34. The first-order valence-corrected chi connectivity index (χ1v) is 10.8. The van der Waals surface area contributed by atoms with Gasteiger partial charge in [0, 0.05) is 31.9 Å². The van der Waals surface area contributed by atoms with Gasteiger partial charge in [-0.1, -0.05) is 12.1 Å². The van der Waals surface area contributed by atoms with Gasteiger partial charge in [0.15, 0.2) is 6.10 Å². The average molecular weight is 432 g/mol. The first-order chi connectivity index (χ1) is 14.8. The molecule has 0 aromatic heterocycles. The van der Waals surface area contributed by atoms with Crippen LogP contribution < -0.4 is 9.64 Å². The monoisotopic (exact) mass is 432 g/mol. The number of piperazine rings is 1. The van der Waals surface area contributed by atoms with Crippen molar-refractivity contribution in [3.05, 3.63) is 59.2 Å². The first-order valence-electron chi connectivity index (χ1n) is 10.8. The summed E-state index contributed by atoms with van der Waals surface area (Å²) in [6.45, 7) is 3.62. The zero-order chi connectivity index (χ0) is 22.0. The molecule has 0 N–H and O–H groups in total. The summed E-state index contributed by atoms with van der Waals surface area (Å²) in [4.78, 5) is 16.5. The summed E-state index contributed by atoms with van der Waals surface area (Å²) >= 11 is 0. The van der Waals surface area contributed by atoms with Crippen molar-refractivity contribution in [3.8, 4) is 5.75 Å². The van der Waals surface area contributed by atoms with Crippen molar-refractivity contribution in [1.29, 1.82) is 0 Å². The summed E-state index contributed by atoms with van der Waals surface area (Å²) in [5.41, 5.74) is 2.54. The number of aryl methyl sites for hydroxylation is 2. The Kier molecular flexibility index (Phi) is 6.12. The van der Waals surface area contributed by atoms with Gasteiger partial charge in [-0.05, 0) is 74.1 Å². The molecule has 2 aliphatic rings. The molecule has 0 bridgehead atoms. The largest absolute Gasteiger partial charge is 0.481 e. The van der Waals surface area contributed by atoms with Crippen molar-refractivity contribution in [2.45, 2.75) is 44.9 Å². The predicted octanol–water partition coefficient (Wildman–Crippen LogP) is 4.70. The molecule has 1 aliphatic heterocycles. The molecule has 4 rings (SSSR count). The van der Waals surface area contributed by atoms with Crippen LogP contribution in [0, 0.1) is 0 Å². The standard InChI is InChI=1S/C24H27F3N2O2/c1-17(31-22-10-9-18-5-2-3-6-19(18)15-22)23(30)29-13-11-28(12-14-29)21-8-4-7-20(16-21)24(25,26)27/h4,7-10,15-17H,2-3,5-6,11-14H2,1H3/t17-/m1/s1. The molecule has 1 heterocycles. The second-order valence-corrected chi connectivity index (χ2v) is 8.26. The number of alkyl halides is 3. The number of hydrogen-bond donors (Lipinski definition) is 0. The average Bonchev–Trinajstić information content (AvgIpc) is 2.78. The lowest BCUT2D eigenvalue weighted by Crippen LogP contribution is -2.52. The third kappa shape index (κ3) is 4.97. The summed E-state index contributed by atoms with van der Waals surface area (Å²) in [6, 6.07) is 11.4. The highest BCUT2D eigenvalue weighted by Gasteiger charge is 2.31. The molecule has 0 unspecified atom stereocenters. The maximum absolute atomic E-state index is 13.0. The fourth-order valence-corrected chi connectivity index (χ4v) is 4.36. The molecule has 4 nitrogen and oxygen atoms in total. The van der Waals surface area contributed by atoms with Gasteiger partial charge in [-0.15, -0.1) is 0 Å². The van der Waals surface area contributed by atoms with Gasteiger partial charge < -0.3 is 14.5 Å². The molecule has 166 valence electrons. The number of nitrogens with zero attached hydrogens (tertiary/aromatic N) is 2. The predicted molar refractivity (Wildman–Crippen MR) is 113 cm³/mol. The highest BCUT2D eigenvalue weighted by molar-refractivity contribution is 5.81. The number of hydrogen-bond acceptors (Lipinski definition) is 3. The van der Waals surface area contributed by atoms with E-state index in [1.807, 2.05) is 17.0 Å². The third-order valence-corrected chi connectivity index (χ3v) is 6.11. The fraction of sp³-hybridized carbons (Fsp3) is 0.458. The smallest absolute Gasteiger partial charge is 0.416 e. The molecular formula is C24H27F3N2O2. The van der Waals surface area contributed by atoms with E-state index < -0.39 is 17.8 Å². The van der Waals surface area contributed by atoms with Gasteiger partial charge in [0.2, 0.25) is 0 Å². The maximum Gasteiger partial charge on any atom is 0.416 e. The number of rotatable bonds is 4. The van der Waals surface area contributed by atoms with Crippen LogP contribution in [0.5, 0.6) is 5.75 Å². The van der Waals surface area contributed by atoms with Crippen LogP contribution in [0.1, 0.15) is 36.5 Å². The van der Waals surface area contributed by atoms with Crippen molar-refractivity contribution in [3.63, 3.8) is 0 Å². The number of halogens is 3. The molecule has 31 heavy (non-hydrogen) atoms. The third-order valence-electron chi connectivity index (χ3n) is 6.11. The van der Waals surface area contributed by atoms with E-state index in [1.54, 1.807) is 17.9 Å². The highest BCUT2D eigenvalue weighted by atomic mass is 19.4. The summed E-state index contributed by atoms with van der Waals surface area (Å²) in [5.74, 6) is 0.616. The van der Waals surface area contributed by atoms with E-state index in [2.05, 4.69) is 6.07 Å². The molecule has 7 heteroatoms. The van der Waals surface area contributed by atoms with Crippen LogP contribution in [-0.2, 0) is 23.8 Å². The molecule has 1 fully saturated rings. The molecule has 1 saturated heterocycles. The minimum absolute atomic E-state index is 0.0959. The summed E-state index contributed by atoms with van der Waals surface area (Å²) in [5, 5.41) is 0. The van der Waals surface area contributed by atoms with Crippen LogP contribution >= 0.6 is 0 Å². The number of fused-ring (bicyclic) bond motifs is 1. The van der Waals surface area contributed by atoms with Gasteiger partial charge in [0.1, 0.15) is 5.75 Å². The Hall–Kier alpha value is -2.70. The number of carbonyl (C=O) groups is 1. The quantitative estimate of drug-likeness (QED) is 0.702. The van der Waals surface area contributed by atoms with E-state index in [9.17, 15) is 18.0 Å². The van der Waals surface area contributed by atoms with Crippen molar-refractivity contribution in [2.24, 2.45) is 0 Å². The van der Waals surface area contributed by atoms with Crippen LogP contribution in [0.2, 0.25) is 0 Å². The van der Waals surface area contributed by atoms with Crippen molar-refractivity contribution in [1.82, 2.24) is 4.90 Å². The van der Waals surface area contributed by atoms with Gasteiger partial charge in [-0.2, -0.15) is 13.2 Å². The van der Waals surface area contributed by atoms with E-state index >= 15 is 0 Å². The van der Waals surface area contributed by atoms with Crippen LogP contribution in [-0.4, -0.2) is 43.1 Å². The number of carbonyl (C=O) groups excluding carboxylic acids is 1. The molecule has 1 atom stereocenters. The van der Waals surface area contributed by atoms with Crippen molar-refractivity contribution >= 4 is 11.6 Å². The summed E-state index contributed by atoms with van der Waals surface area (Å²) in [6.07, 6.45) is -0.429. The van der Waals surface area contributed by atoms with E-state index in [0.717, 1.165) is 18.9 Å². The lowest BCUT2D eigenvalue weighted by Gasteiger charge is -2.37. The molecule has 2 aromatic rings. The molecule has 1 aliphatic carbocycles. The highest BCUT2D eigenvalue weighted by Crippen LogP contribution is 2.32. The van der Waals surface area contributed by atoms with Gasteiger partial charge in [0.05, 0.1) is 5.56 Å². The second kappa shape index (κ2) is 8.81. The number of ether oxygens (including phenoxy) is 1. The van der Waals surface area contributed by atoms with E-state index in [-0.39, 0.29) is 5.91 Å². The Labute approximate surface area is 180 Å². The Morgan fingerprint density at radius 1 is 0.968 bits per heavy atom. The molecule has 0 saturated carbocycles. The number of anilines is 1. The Bertz CT molecular complexity index is 937. The van der Waals surface area contributed by atoms with Gasteiger partial charge >= 0.3 is 6.18 Å². The molecule has 0 radical (unpaired) electrons. The molecule has 1 amide bonds. The molecular weight excluding hydrogens is 405 g/mol. The normalized spacial score (nSPS) is 17.8. The Morgan fingerprint density at radius 3 is 2.39 bits per heavy atom. The molecule has 0 spiro atoms. The number of amides is 1. The minimum atomic E-state index is -4.36. The zero-order valence-electron chi connectivity index (χ0n) is 17.6. The first kappa shape index (κ1) is 21.5. The molecule has 2 aromatic carbocycles. The maximum atomic E-state index is 13.0. The fourth-order valence-electron chi connectivity index (χ4n) is 4.36. The SMILES string of the molecule is C[C@@H](Oc1ccc2c(c1)CCCC2)C(=O)N1CCN(c2cccc(C(F)(F)F)c2)CC1. The zero-order valence-corrected chi connectivity index (χ0v) is 17.6. The van der Waals surface area contributed by atoms with Gasteiger partial charge in [-0.25, -0.2) is 0 Å². The number of benzene rings is 2. The van der Waals surface area contributed by atoms with E-state index in [4.69, 9.17) is 4.74 Å². The van der Waals surface area contributed by atoms with Crippen LogP contribution in [0.25, 0.3) is 0 Å². The topological polar surface area (TPSA) is 32.8 Å². The summed E-state index contributed by atoms with van der Waals surface area (Å²) < 4.78 is 44.9. The van der Waals surface area contributed by atoms with Crippen LogP contribution in [0.4, 0.5) is 18.9 Å². The Morgan fingerprint density at radius 2 is 1.68 bits per heavy atom. The van der Waals surface area contributed by atoms with E-state index in [1.165, 1.54) is 36.1 Å². The minimum Gasteiger partial charge on any atom is -0.481 e. The lowest BCUT2D eigenvalue weighted by atomic mass is 9.92. The second-order valence-electron chi connectivity index (χ2n) is 8.26. The van der Waals surface area contributed by atoms with Crippen LogP contribution in [0.3, 0.4) is 0 Å². The van der Waals surface area contributed by atoms with Crippen LogP contribution in [0.15, 0.2) is 42.5 Å². The van der Waals surface area contributed by atoms with E-state index in [0.29, 0.717) is 37.6 Å². The van der Waals surface area contributed by atoms with Crippen molar-refractivity contribution < 1.29 is 22.7 Å². The van der Waals surface area contributed by atoms with Gasteiger partial charge in [0.25, 0.3) is 5.91 Å². The van der Waals surface area contributed by atoms with Crippen molar-refractivity contribution in [2.75, 3.05) is 31.1 Å². The van der Waals surface area contributed by atoms with Gasteiger partial charge in [-0.3, -0.25) is 4.79 Å². The summed E-state index contributed by atoms with van der Waals surface area (Å²) in [7, 11) is 0.